The summed E-state index contributed by atoms with van der Waals surface area (Å²) >= 11 is 0. The molecule has 1 aliphatic rings. The van der Waals surface area contributed by atoms with Crippen LogP contribution in [0, 0.1) is 5.92 Å². The Kier molecular flexibility index (Phi) is 2.41. The number of nitrogens with one attached hydrogen (secondary N) is 1. The van der Waals surface area contributed by atoms with Crippen LogP contribution in [0.1, 0.15) is 32.2 Å². The molecule has 2 heterocycles. The van der Waals surface area contributed by atoms with E-state index >= 15 is 0 Å². The molecule has 5 nitrogen and oxygen atoms in total. The predicted octanol–water partition coefficient (Wildman–Crippen LogP) is 0.689. The van der Waals surface area contributed by atoms with Crippen molar-refractivity contribution in [2.24, 2.45) is 5.92 Å². The van der Waals surface area contributed by atoms with Gasteiger partial charge in [-0.25, -0.2) is 9.89 Å². The molecule has 0 saturated carbocycles. The zero-order chi connectivity index (χ0) is 10.1. The first kappa shape index (κ1) is 9.45. The third kappa shape index (κ3) is 1.37. The maximum absolute atomic E-state index is 11.3. The van der Waals surface area contributed by atoms with Gasteiger partial charge in [-0.3, -0.25) is 4.57 Å². The highest BCUT2D eigenvalue weighted by atomic mass is 16.5. The minimum Gasteiger partial charge on any atom is -0.370 e. The van der Waals surface area contributed by atoms with Crippen molar-refractivity contribution in [2.75, 3.05) is 6.61 Å². The lowest BCUT2D eigenvalue weighted by molar-refractivity contribution is 0.0839. The highest BCUT2D eigenvalue weighted by Gasteiger charge is 2.30. The molecule has 0 amide bonds. The molecule has 1 aliphatic heterocycles. The second-order valence-electron chi connectivity index (χ2n) is 3.69. The second-order valence-corrected chi connectivity index (χ2v) is 3.69. The maximum Gasteiger partial charge on any atom is 0.343 e. The first-order chi connectivity index (χ1) is 6.74. The van der Waals surface area contributed by atoms with E-state index in [2.05, 4.69) is 17.1 Å². The summed E-state index contributed by atoms with van der Waals surface area (Å²) in [7, 11) is 0. The van der Waals surface area contributed by atoms with E-state index in [4.69, 9.17) is 4.74 Å². The van der Waals surface area contributed by atoms with Crippen molar-refractivity contribution < 1.29 is 4.74 Å². The lowest BCUT2D eigenvalue weighted by Crippen LogP contribution is -2.20. The zero-order valence-electron chi connectivity index (χ0n) is 8.49. The molecule has 1 aromatic heterocycles. The molecule has 0 aliphatic carbocycles. The number of H-pyrrole nitrogens is 1. The molecular formula is C9H15N3O2. The van der Waals surface area contributed by atoms with Gasteiger partial charge < -0.3 is 4.74 Å². The molecule has 1 saturated heterocycles. The van der Waals surface area contributed by atoms with E-state index < -0.39 is 0 Å². The van der Waals surface area contributed by atoms with Gasteiger partial charge in [-0.1, -0.05) is 6.92 Å². The van der Waals surface area contributed by atoms with Gasteiger partial charge in [-0.2, -0.15) is 5.10 Å². The van der Waals surface area contributed by atoms with Crippen molar-refractivity contribution >= 4 is 0 Å². The van der Waals surface area contributed by atoms with Crippen molar-refractivity contribution in [1.82, 2.24) is 14.8 Å². The van der Waals surface area contributed by atoms with E-state index in [0.717, 1.165) is 18.9 Å². The lowest BCUT2D eigenvalue weighted by Gasteiger charge is -2.13. The van der Waals surface area contributed by atoms with E-state index in [9.17, 15) is 4.79 Å². The van der Waals surface area contributed by atoms with Crippen LogP contribution in [0.25, 0.3) is 0 Å². The number of hydrogen-bond donors (Lipinski definition) is 1. The van der Waals surface area contributed by atoms with Crippen LogP contribution in [-0.2, 0) is 11.3 Å². The molecule has 2 atom stereocenters. The van der Waals surface area contributed by atoms with Crippen LogP contribution in [0.4, 0.5) is 0 Å². The molecule has 0 radical (unpaired) electrons. The molecule has 0 spiro atoms. The van der Waals surface area contributed by atoms with Crippen LogP contribution in [0.15, 0.2) is 4.79 Å². The van der Waals surface area contributed by atoms with E-state index in [0.29, 0.717) is 12.5 Å². The SMILES string of the molecule is CCn1c([C@H]2OCC[C@H]2C)n[nH]c1=O. The minimum atomic E-state index is -0.148. The molecule has 0 aromatic carbocycles. The van der Waals surface area contributed by atoms with Gasteiger partial charge in [0.25, 0.3) is 0 Å². The van der Waals surface area contributed by atoms with Crippen LogP contribution in [-0.4, -0.2) is 21.4 Å². The van der Waals surface area contributed by atoms with Gasteiger partial charge in [0.15, 0.2) is 5.82 Å². The topological polar surface area (TPSA) is 59.9 Å². The standard InChI is InChI=1S/C9H15N3O2/c1-3-12-8(10-11-9(12)13)7-6(2)4-5-14-7/h6-7H,3-5H2,1-2H3,(H,11,13)/t6-,7+/m1/s1. The largest absolute Gasteiger partial charge is 0.370 e. The molecule has 1 aromatic rings. The molecule has 78 valence electrons. The highest BCUT2D eigenvalue weighted by Crippen LogP contribution is 2.32. The molecule has 0 unspecified atom stereocenters. The normalized spacial score (nSPS) is 27.0. The summed E-state index contributed by atoms with van der Waals surface area (Å²) in [6, 6.07) is 0. The molecule has 2 rings (SSSR count). The van der Waals surface area contributed by atoms with Gasteiger partial charge in [0.1, 0.15) is 6.10 Å². The van der Waals surface area contributed by atoms with E-state index in [1.165, 1.54) is 0 Å². The average Bonchev–Trinajstić information content (AvgIpc) is 2.71. The number of nitrogens with zero attached hydrogens (tertiary/aromatic N) is 2. The fraction of sp³-hybridized carbons (Fsp3) is 0.778. The van der Waals surface area contributed by atoms with Gasteiger partial charge in [-0.15, -0.1) is 0 Å². The van der Waals surface area contributed by atoms with E-state index in [-0.39, 0.29) is 11.8 Å². The van der Waals surface area contributed by atoms with Crippen LogP contribution in [0.3, 0.4) is 0 Å². The van der Waals surface area contributed by atoms with Crippen molar-refractivity contribution in [3.63, 3.8) is 0 Å². The summed E-state index contributed by atoms with van der Waals surface area (Å²) in [4.78, 5) is 11.3. The predicted molar refractivity (Wildman–Crippen MR) is 51.0 cm³/mol. The van der Waals surface area contributed by atoms with Gasteiger partial charge in [0, 0.05) is 13.2 Å². The summed E-state index contributed by atoms with van der Waals surface area (Å²) in [6.45, 7) is 5.45. The average molecular weight is 197 g/mol. The lowest BCUT2D eigenvalue weighted by atomic mass is 10.0. The first-order valence-electron chi connectivity index (χ1n) is 5.00. The fourth-order valence-electron chi connectivity index (χ4n) is 1.88. The summed E-state index contributed by atoms with van der Waals surface area (Å²) < 4.78 is 7.20. The van der Waals surface area contributed by atoms with Crippen LogP contribution < -0.4 is 5.69 Å². The Morgan fingerprint density at radius 2 is 2.50 bits per heavy atom. The Morgan fingerprint density at radius 3 is 3.07 bits per heavy atom. The summed E-state index contributed by atoms with van der Waals surface area (Å²) in [5, 5.41) is 6.48. The minimum absolute atomic E-state index is 0.0195. The third-order valence-corrected chi connectivity index (χ3v) is 2.75. The van der Waals surface area contributed by atoms with Crippen molar-refractivity contribution in [1.29, 1.82) is 0 Å². The molecule has 1 N–H and O–H groups in total. The quantitative estimate of drug-likeness (QED) is 0.758. The summed E-state index contributed by atoms with van der Waals surface area (Å²) in [5.41, 5.74) is -0.148. The Labute approximate surface area is 82.1 Å². The highest BCUT2D eigenvalue weighted by molar-refractivity contribution is 4.96. The van der Waals surface area contributed by atoms with Crippen LogP contribution in [0.2, 0.25) is 0 Å². The van der Waals surface area contributed by atoms with Gasteiger partial charge in [-0.05, 0) is 19.3 Å². The van der Waals surface area contributed by atoms with Crippen molar-refractivity contribution in [3.8, 4) is 0 Å². The Bertz CT molecular complexity index is 368. The Balaban J connectivity index is 2.35. The summed E-state index contributed by atoms with van der Waals surface area (Å²) in [6.07, 6.45) is 1.02. The third-order valence-electron chi connectivity index (χ3n) is 2.75. The molecule has 1 fully saturated rings. The number of aromatic amines is 1. The van der Waals surface area contributed by atoms with Crippen LogP contribution in [0.5, 0.6) is 0 Å². The number of ether oxygens (including phenoxy) is 1. The molecule has 0 bridgehead atoms. The summed E-state index contributed by atoms with van der Waals surface area (Å²) in [5.74, 6) is 1.18. The van der Waals surface area contributed by atoms with E-state index in [1.807, 2.05) is 6.92 Å². The monoisotopic (exact) mass is 197 g/mol. The number of hydrogen-bond acceptors (Lipinski definition) is 3. The second kappa shape index (κ2) is 3.57. The molecule has 5 heteroatoms. The smallest absolute Gasteiger partial charge is 0.343 e. The van der Waals surface area contributed by atoms with E-state index in [1.54, 1.807) is 4.57 Å². The fourth-order valence-corrected chi connectivity index (χ4v) is 1.88. The maximum atomic E-state index is 11.3. The number of aromatic nitrogens is 3. The number of rotatable bonds is 2. The van der Waals surface area contributed by atoms with Crippen molar-refractivity contribution in [2.45, 2.75) is 32.9 Å². The molecular weight excluding hydrogens is 182 g/mol. The Hall–Kier alpha value is -1.10. The van der Waals surface area contributed by atoms with Crippen molar-refractivity contribution in [3.05, 3.63) is 16.3 Å². The van der Waals surface area contributed by atoms with Gasteiger partial charge >= 0.3 is 5.69 Å². The zero-order valence-corrected chi connectivity index (χ0v) is 8.49. The molecule has 14 heavy (non-hydrogen) atoms. The first-order valence-corrected chi connectivity index (χ1v) is 5.00. The van der Waals surface area contributed by atoms with Gasteiger partial charge in [0.05, 0.1) is 0 Å². The Morgan fingerprint density at radius 1 is 1.71 bits per heavy atom. The van der Waals surface area contributed by atoms with Gasteiger partial charge in [0.2, 0.25) is 0 Å². The van der Waals surface area contributed by atoms with Crippen LogP contribution >= 0.6 is 0 Å².